The first kappa shape index (κ1) is 20.2. The molecule has 150 valence electrons. The van der Waals surface area contributed by atoms with E-state index in [4.69, 9.17) is 11.6 Å². The Morgan fingerprint density at radius 3 is 1.93 bits per heavy atom. The standard InChI is InChI=1S/C17H14ClN5O5S/c18-10-1-3-11(4-2-10)20-17(26)21-12-5-7-13(8-6-12)23-29(27,28)14-9-19-16(25)22-15(14)24/h1-9,23H,(H2,20,21,26)(H2,19,22,24,25). The molecular weight excluding hydrogens is 422 g/mol. The van der Waals surface area contributed by atoms with Crippen molar-refractivity contribution in [2.75, 3.05) is 15.4 Å². The van der Waals surface area contributed by atoms with E-state index in [2.05, 4.69) is 20.3 Å². The molecular formula is C17H14ClN5O5S. The number of nitrogens with one attached hydrogen (secondary N) is 5. The van der Waals surface area contributed by atoms with E-state index in [0.717, 1.165) is 6.20 Å². The first-order chi connectivity index (χ1) is 13.7. The van der Waals surface area contributed by atoms with Crippen molar-refractivity contribution in [3.63, 3.8) is 0 Å². The van der Waals surface area contributed by atoms with Crippen molar-refractivity contribution >= 4 is 44.7 Å². The molecule has 0 saturated carbocycles. The Balaban J connectivity index is 1.66. The first-order valence-electron chi connectivity index (χ1n) is 8.01. The molecule has 1 aromatic heterocycles. The number of aromatic amines is 2. The molecule has 10 nitrogen and oxygen atoms in total. The summed E-state index contributed by atoms with van der Waals surface area (Å²) in [4.78, 5) is 38.0. The molecule has 0 aliphatic rings. The maximum atomic E-state index is 12.3. The monoisotopic (exact) mass is 435 g/mol. The smallest absolute Gasteiger partial charge is 0.313 e. The van der Waals surface area contributed by atoms with E-state index in [1.165, 1.54) is 24.3 Å². The van der Waals surface area contributed by atoms with Crippen molar-refractivity contribution in [3.05, 3.63) is 80.6 Å². The quantitative estimate of drug-likeness (QED) is 0.415. The van der Waals surface area contributed by atoms with Gasteiger partial charge in [0.05, 0.1) is 0 Å². The molecule has 3 aromatic rings. The average Bonchev–Trinajstić information content (AvgIpc) is 2.64. The maximum Gasteiger partial charge on any atom is 0.325 e. The van der Waals surface area contributed by atoms with Crippen LogP contribution in [-0.2, 0) is 10.0 Å². The molecule has 0 saturated heterocycles. The predicted octanol–water partition coefficient (Wildman–Crippen LogP) is 2.16. The Hall–Kier alpha value is -3.57. The number of amides is 2. The molecule has 0 bridgehead atoms. The lowest BCUT2D eigenvalue weighted by Crippen LogP contribution is -2.29. The van der Waals surface area contributed by atoms with E-state index in [-0.39, 0.29) is 5.69 Å². The van der Waals surface area contributed by atoms with Gasteiger partial charge in [0.25, 0.3) is 15.6 Å². The summed E-state index contributed by atoms with van der Waals surface area (Å²) >= 11 is 5.78. The molecule has 0 unspecified atom stereocenters. The topological polar surface area (TPSA) is 153 Å². The number of benzene rings is 2. The molecule has 1 heterocycles. The Morgan fingerprint density at radius 2 is 1.38 bits per heavy atom. The van der Waals surface area contributed by atoms with Crippen LogP contribution in [0.15, 0.2) is 69.2 Å². The highest BCUT2D eigenvalue weighted by Crippen LogP contribution is 2.18. The van der Waals surface area contributed by atoms with E-state index >= 15 is 0 Å². The molecule has 0 radical (unpaired) electrons. The fourth-order valence-corrected chi connectivity index (χ4v) is 3.45. The predicted molar refractivity (Wildman–Crippen MR) is 109 cm³/mol. The van der Waals surface area contributed by atoms with Crippen molar-refractivity contribution in [3.8, 4) is 0 Å². The van der Waals surface area contributed by atoms with E-state index < -0.39 is 32.2 Å². The van der Waals surface area contributed by atoms with Crippen molar-refractivity contribution in [2.24, 2.45) is 0 Å². The van der Waals surface area contributed by atoms with Gasteiger partial charge in [-0.1, -0.05) is 11.6 Å². The van der Waals surface area contributed by atoms with Gasteiger partial charge in [0.1, 0.15) is 0 Å². The fraction of sp³-hybridized carbons (Fsp3) is 0. The number of aromatic nitrogens is 2. The Morgan fingerprint density at radius 1 is 0.862 bits per heavy atom. The first-order valence-corrected chi connectivity index (χ1v) is 9.87. The molecule has 0 aliphatic carbocycles. The summed E-state index contributed by atoms with van der Waals surface area (Å²) < 4.78 is 26.8. The summed E-state index contributed by atoms with van der Waals surface area (Å²) in [6.07, 6.45) is 0.806. The molecule has 0 atom stereocenters. The Labute approximate surface area is 169 Å². The SMILES string of the molecule is O=C(Nc1ccc(Cl)cc1)Nc1ccc(NS(=O)(=O)c2c[nH]c(=O)[nH]c2=O)cc1. The second-order valence-electron chi connectivity index (χ2n) is 5.71. The summed E-state index contributed by atoms with van der Waals surface area (Å²) in [5.74, 6) is 0. The van der Waals surface area contributed by atoms with Gasteiger partial charge in [0.2, 0.25) is 0 Å². The summed E-state index contributed by atoms with van der Waals surface area (Å²) in [5, 5.41) is 5.74. The zero-order valence-electron chi connectivity index (χ0n) is 14.5. The lowest BCUT2D eigenvalue weighted by Gasteiger charge is -2.10. The highest BCUT2D eigenvalue weighted by Gasteiger charge is 2.19. The van der Waals surface area contributed by atoms with Crippen LogP contribution in [0.3, 0.4) is 0 Å². The number of urea groups is 1. The summed E-state index contributed by atoms with van der Waals surface area (Å²) in [6.45, 7) is 0. The van der Waals surface area contributed by atoms with Gasteiger partial charge in [0.15, 0.2) is 4.90 Å². The van der Waals surface area contributed by atoms with E-state index in [1.54, 1.807) is 24.3 Å². The van der Waals surface area contributed by atoms with Crippen LogP contribution in [0.2, 0.25) is 5.02 Å². The number of carbonyl (C=O) groups excluding carboxylic acids is 1. The van der Waals surface area contributed by atoms with E-state index in [0.29, 0.717) is 16.4 Å². The minimum atomic E-state index is -4.22. The minimum absolute atomic E-state index is 0.152. The zero-order chi connectivity index (χ0) is 21.0. The van der Waals surface area contributed by atoms with E-state index in [9.17, 15) is 22.8 Å². The average molecular weight is 436 g/mol. The Bertz CT molecular complexity index is 1250. The normalized spacial score (nSPS) is 10.9. The van der Waals surface area contributed by atoms with Crippen LogP contribution < -0.4 is 26.6 Å². The molecule has 12 heteroatoms. The fourth-order valence-electron chi connectivity index (χ4n) is 2.26. The number of hydrogen-bond acceptors (Lipinski definition) is 5. The van der Waals surface area contributed by atoms with Gasteiger partial charge in [-0.3, -0.25) is 14.5 Å². The number of sulfonamides is 1. The molecule has 2 aromatic carbocycles. The van der Waals surface area contributed by atoms with Crippen molar-refractivity contribution in [1.29, 1.82) is 0 Å². The van der Waals surface area contributed by atoms with Gasteiger partial charge < -0.3 is 15.6 Å². The number of halogens is 1. The lowest BCUT2D eigenvalue weighted by molar-refractivity contribution is 0.262. The maximum absolute atomic E-state index is 12.3. The van der Waals surface area contributed by atoms with Gasteiger partial charge in [-0.05, 0) is 48.5 Å². The molecule has 0 spiro atoms. The van der Waals surface area contributed by atoms with Crippen LogP contribution >= 0.6 is 11.6 Å². The van der Waals surface area contributed by atoms with Crippen molar-refractivity contribution in [2.45, 2.75) is 4.90 Å². The van der Waals surface area contributed by atoms with Gasteiger partial charge in [-0.25, -0.2) is 18.0 Å². The molecule has 0 aliphatic heterocycles. The summed E-state index contributed by atoms with van der Waals surface area (Å²) in [5.41, 5.74) is -0.761. The minimum Gasteiger partial charge on any atom is -0.313 e. The summed E-state index contributed by atoms with van der Waals surface area (Å²) in [6, 6.07) is 11.8. The van der Waals surface area contributed by atoms with Crippen LogP contribution in [-0.4, -0.2) is 24.4 Å². The van der Waals surface area contributed by atoms with Gasteiger partial charge in [-0.15, -0.1) is 0 Å². The van der Waals surface area contributed by atoms with Crippen LogP contribution in [0.25, 0.3) is 0 Å². The van der Waals surface area contributed by atoms with Crippen LogP contribution in [0.5, 0.6) is 0 Å². The number of H-pyrrole nitrogens is 2. The van der Waals surface area contributed by atoms with E-state index in [1.807, 2.05) is 4.98 Å². The lowest BCUT2D eigenvalue weighted by atomic mass is 10.3. The zero-order valence-corrected chi connectivity index (χ0v) is 16.1. The third-order valence-electron chi connectivity index (χ3n) is 3.57. The summed E-state index contributed by atoms with van der Waals surface area (Å²) in [7, 11) is -4.22. The van der Waals surface area contributed by atoms with Gasteiger partial charge in [0, 0.05) is 28.3 Å². The molecule has 0 fully saturated rings. The third-order valence-corrected chi connectivity index (χ3v) is 5.21. The van der Waals surface area contributed by atoms with Gasteiger partial charge in [-0.2, -0.15) is 0 Å². The number of hydrogen-bond donors (Lipinski definition) is 5. The van der Waals surface area contributed by atoms with Crippen molar-refractivity contribution < 1.29 is 13.2 Å². The number of carbonyl (C=O) groups is 1. The third kappa shape index (κ3) is 5.24. The number of anilines is 3. The molecule has 29 heavy (non-hydrogen) atoms. The molecule has 3 rings (SSSR count). The molecule has 5 N–H and O–H groups in total. The van der Waals surface area contributed by atoms with Gasteiger partial charge >= 0.3 is 11.7 Å². The van der Waals surface area contributed by atoms with Crippen molar-refractivity contribution in [1.82, 2.24) is 9.97 Å². The highest BCUT2D eigenvalue weighted by atomic mass is 35.5. The van der Waals surface area contributed by atoms with Crippen LogP contribution in [0, 0.1) is 0 Å². The Kier molecular flexibility index (Phi) is 5.71. The highest BCUT2D eigenvalue weighted by molar-refractivity contribution is 7.92. The van der Waals surface area contributed by atoms with Crippen LogP contribution in [0.4, 0.5) is 21.9 Å². The van der Waals surface area contributed by atoms with Crippen LogP contribution in [0.1, 0.15) is 0 Å². The largest absolute Gasteiger partial charge is 0.325 e. The number of rotatable bonds is 5. The molecule has 2 amide bonds. The second-order valence-corrected chi connectivity index (χ2v) is 7.79. The second kappa shape index (κ2) is 8.20.